The summed E-state index contributed by atoms with van der Waals surface area (Å²) in [6.45, 7) is 1.23. The van der Waals surface area contributed by atoms with Gasteiger partial charge < -0.3 is 14.2 Å². The lowest BCUT2D eigenvalue weighted by molar-refractivity contribution is 0.169. The molecule has 2 atom stereocenters. The molecule has 0 fully saturated rings. The Labute approximate surface area is 147 Å². The van der Waals surface area contributed by atoms with Gasteiger partial charge in [0.25, 0.3) is 0 Å². The summed E-state index contributed by atoms with van der Waals surface area (Å²) in [6, 6.07) is 0. The molecule has 0 aromatic rings. The Morgan fingerprint density at radius 3 is 1.53 bits per heavy atom. The van der Waals surface area contributed by atoms with Crippen LogP contribution in [0.2, 0.25) is 0 Å². The molecule has 0 aromatic heterocycles. The van der Waals surface area contributed by atoms with Crippen LogP contribution in [-0.4, -0.2) is 58.5 Å². The minimum absolute atomic E-state index is 0.0549. The summed E-state index contributed by atoms with van der Waals surface area (Å²) < 4.78 is 15.8. The van der Waals surface area contributed by atoms with Gasteiger partial charge in [-0.2, -0.15) is 50.5 Å². The first-order valence-electron chi connectivity index (χ1n) is 5.46. The second-order valence-electron chi connectivity index (χ2n) is 3.53. The van der Waals surface area contributed by atoms with Gasteiger partial charge in [0.15, 0.2) is 10.1 Å². The third-order valence-corrected chi connectivity index (χ3v) is 4.33. The van der Waals surface area contributed by atoms with Crippen LogP contribution in [0.3, 0.4) is 0 Å². The maximum absolute atomic E-state index is 5.27. The van der Waals surface area contributed by atoms with Crippen molar-refractivity contribution in [1.82, 2.24) is 0 Å². The predicted octanol–water partition coefficient (Wildman–Crippen LogP) is 2.15. The van der Waals surface area contributed by atoms with E-state index < -0.39 is 0 Å². The molecule has 0 radical (unpaired) electrons. The summed E-state index contributed by atoms with van der Waals surface area (Å²) in [6.07, 6.45) is 0. The maximum atomic E-state index is 5.27. The van der Waals surface area contributed by atoms with Gasteiger partial charge in [-0.25, -0.2) is 0 Å². The van der Waals surface area contributed by atoms with E-state index in [2.05, 4.69) is 50.5 Å². The summed E-state index contributed by atoms with van der Waals surface area (Å²) in [4.78, 5) is 0. The first kappa shape index (κ1) is 20.1. The minimum atomic E-state index is 0.0549. The Hall–Kier alpha value is 1.14. The second-order valence-corrected chi connectivity index (χ2v) is 6.63. The van der Waals surface area contributed by atoms with Crippen LogP contribution < -0.4 is 0 Å². The number of hydrogen-bond donors (Lipinski definition) is 4. The molecule has 0 saturated heterocycles. The van der Waals surface area contributed by atoms with Crippen molar-refractivity contribution < 1.29 is 14.2 Å². The van der Waals surface area contributed by atoms with Gasteiger partial charge >= 0.3 is 0 Å². The van der Waals surface area contributed by atoms with Gasteiger partial charge in [-0.05, 0) is 24.4 Å². The van der Waals surface area contributed by atoms with E-state index >= 15 is 0 Å². The molecular weight excluding hydrogens is 361 g/mol. The largest absolute Gasteiger partial charge is 0.483 e. The lowest BCUT2D eigenvalue weighted by atomic mass is 10.5. The summed E-state index contributed by atoms with van der Waals surface area (Å²) in [5.41, 5.74) is 0. The smallest absolute Gasteiger partial charge is 0.185 e. The molecule has 19 heavy (non-hydrogen) atoms. The van der Waals surface area contributed by atoms with E-state index in [0.29, 0.717) is 34.8 Å². The highest BCUT2D eigenvalue weighted by molar-refractivity contribution is 7.85. The van der Waals surface area contributed by atoms with Crippen LogP contribution in [-0.2, 0) is 14.2 Å². The highest BCUT2D eigenvalue weighted by Gasteiger charge is 2.06. The zero-order valence-corrected chi connectivity index (χ0v) is 15.4. The van der Waals surface area contributed by atoms with Crippen molar-refractivity contribution in [1.29, 1.82) is 0 Å². The number of ether oxygens (including phenoxy) is 3. The van der Waals surface area contributed by atoms with E-state index in [9.17, 15) is 0 Å². The van der Waals surface area contributed by atoms with Crippen molar-refractivity contribution in [3.8, 4) is 0 Å². The molecule has 0 amide bonds. The van der Waals surface area contributed by atoms with Crippen LogP contribution >= 0.6 is 75.0 Å². The molecular formula is C10H18O3S6. The molecule has 0 rings (SSSR count). The van der Waals surface area contributed by atoms with E-state index in [1.165, 1.54) is 0 Å². The SMILES string of the molecule is S=C(COCC(=S)OCC(S)CS)OCC(S)CS. The summed E-state index contributed by atoms with van der Waals surface area (Å²) in [7, 11) is 0. The second kappa shape index (κ2) is 12.8. The van der Waals surface area contributed by atoms with Gasteiger partial charge in [0.2, 0.25) is 0 Å². The van der Waals surface area contributed by atoms with Crippen LogP contribution in [0.1, 0.15) is 0 Å². The zero-order valence-electron chi connectivity index (χ0n) is 10.2. The fourth-order valence-electron chi connectivity index (χ4n) is 0.785. The fourth-order valence-corrected chi connectivity index (χ4v) is 1.45. The van der Waals surface area contributed by atoms with Crippen LogP contribution in [0.5, 0.6) is 0 Å². The number of rotatable bonds is 10. The van der Waals surface area contributed by atoms with Crippen LogP contribution in [0.4, 0.5) is 0 Å². The Morgan fingerprint density at radius 1 is 0.842 bits per heavy atom. The lowest BCUT2D eigenvalue weighted by Crippen LogP contribution is -2.21. The Balaban J connectivity index is 3.56. The van der Waals surface area contributed by atoms with E-state index in [1.54, 1.807) is 0 Å². The van der Waals surface area contributed by atoms with E-state index in [0.717, 1.165) is 0 Å². The normalized spacial score (nSPS) is 13.7. The molecule has 0 bridgehead atoms. The average Bonchev–Trinajstić information content (AvgIpc) is 2.41. The van der Waals surface area contributed by atoms with Gasteiger partial charge in [0.05, 0.1) is 0 Å². The van der Waals surface area contributed by atoms with Gasteiger partial charge in [0, 0.05) is 22.0 Å². The molecule has 0 spiro atoms. The average molecular weight is 379 g/mol. The van der Waals surface area contributed by atoms with Crippen molar-refractivity contribution in [2.24, 2.45) is 0 Å². The van der Waals surface area contributed by atoms with E-state index in [-0.39, 0.29) is 23.7 Å². The molecule has 112 valence electrons. The zero-order chi connectivity index (χ0) is 14.7. The standard InChI is InChI=1S/C10H18O3S6/c14-5-7(16)1-12-9(18)3-11-4-10(19)13-2-8(17)6-15/h7-8,14-17H,1-6H2. The van der Waals surface area contributed by atoms with Crippen LogP contribution in [0, 0.1) is 0 Å². The third kappa shape index (κ3) is 12.6. The lowest BCUT2D eigenvalue weighted by Gasteiger charge is -2.13. The van der Waals surface area contributed by atoms with Gasteiger partial charge in [-0.1, -0.05) is 0 Å². The topological polar surface area (TPSA) is 27.7 Å². The van der Waals surface area contributed by atoms with Crippen molar-refractivity contribution in [2.75, 3.05) is 37.9 Å². The number of thiol groups is 4. The Kier molecular flexibility index (Phi) is 13.6. The Bertz CT molecular complexity index is 250. The summed E-state index contributed by atoms with van der Waals surface area (Å²) in [5, 5.41) is 0.843. The molecule has 0 aromatic carbocycles. The first-order valence-corrected chi connectivity index (χ1v) is 8.57. The number of thiocarbonyl (C=S) groups is 2. The molecule has 2 unspecified atom stereocenters. The van der Waals surface area contributed by atoms with Crippen LogP contribution in [0.25, 0.3) is 0 Å². The van der Waals surface area contributed by atoms with Crippen LogP contribution in [0.15, 0.2) is 0 Å². The molecule has 0 aliphatic rings. The minimum Gasteiger partial charge on any atom is -0.483 e. The van der Waals surface area contributed by atoms with Gasteiger partial charge in [-0.15, -0.1) is 0 Å². The molecule has 0 saturated carbocycles. The molecule has 0 heterocycles. The van der Waals surface area contributed by atoms with E-state index in [4.69, 9.17) is 38.6 Å². The molecule has 0 aliphatic carbocycles. The quantitative estimate of drug-likeness (QED) is 0.345. The highest BCUT2D eigenvalue weighted by Crippen LogP contribution is 2.01. The number of hydrogen-bond acceptors (Lipinski definition) is 9. The summed E-state index contributed by atoms with van der Waals surface area (Å²) in [5.74, 6) is 1.25. The Morgan fingerprint density at radius 2 is 1.21 bits per heavy atom. The molecule has 3 nitrogen and oxygen atoms in total. The summed E-state index contributed by atoms with van der Waals surface area (Å²) >= 11 is 26.6. The predicted molar refractivity (Wildman–Crippen MR) is 101 cm³/mol. The highest BCUT2D eigenvalue weighted by atomic mass is 32.1. The first-order chi connectivity index (χ1) is 8.99. The van der Waals surface area contributed by atoms with Crippen molar-refractivity contribution in [3.63, 3.8) is 0 Å². The molecule has 0 N–H and O–H groups in total. The van der Waals surface area contributed by atoms with Crippen molar-refractivity contribution in [2.45, 2.75) is 10.5 Å². The van der Waals surface area contributed by atoms with E-state index in [1.807, 2.05) is 0 Å². The molecule has 9 heteroatoms. The molecule has 0 aliphatic heterocycles. The van der Waals surface area contributed by atoms with Gasteiger partial charge in [-0.3, -0.25) is 0 Å². The fraction of sp³-hybridized carbons (Fsp3) is 0.800. The maximum Gasteiger partial charge on any atom is 0.185 e. The van der Waals surface area contributed by atoms with Crippen molar-refractivity contribution >= 4 is 85.1 Å². The van der Waals surface area contributed by atoms with Crippen molar-refractivity contribution in [3.05, 3.63) is 0 Å². The third-order valence-electron chi connectivity index (χ3n) is 1.73. The monoisotopic (exact) mass is 378 g/mol. The van der Waals surface area contributed by atoms with Gasteiger partial charge in [0.1, 0.15) is 26.4 Å².